The number of likely N-dealkylation sites (tertiary alicyclic amines) is 2. The molecule has 0 aromatic rings. The van der Waals surface area contributed by atoms with Crippen molar-refractivity contribution in [2.75, 3.05) is 32.7 Å². The topological polar surface area (TPSA) is 6.48 Å². The van der Waals surface area contributed by atoms with E-state index in [2.05, 4.69) is 44.4 Å². The molecule has 0 aromatic carbocycles. The summed E-state index contributed by atoms with van der Waals surface area (Å²) in [6.45, 7) is 18.4. The van der Waals surface area contributed by atoms with Gasteiger partial charge in [0.05, 0.1) is 0 Å². The standard InChI is InChI=1S/C14H28N2/c1-6-7-15-8-13(4)10-16(12(2)3)11-14(13,5)9-15/h12H,6-11H2,1-5H3/t13-,14+. The Bertz CT molecular complexity index is 243. The molecular weight excluding hydrogens is 196 g/mol. The third-order valence-corrected chi connectivity index (χ3v) is 4.98. The van der Waals surface area contributed by atoms with Gasteiger partial charge >= 0.3 is 0 Å². The smallest absolute Gasteiger partial charge is 0.00567 e. The molecule has 2 nitrogen and oxygen atoms in total. The van der Waals surface area contributed by atoms with Crippen LogP contribution in [0.3, 0.4) is 0 Å². The molecule has 2 atom stereocenters. The zero-order valence-corrected chi connectivity index (χ0v) is 11.7. The Morgan fingerprint density at radius 1 is 1.00 bits per heavy atom. The lowest BCUT2D eigenvalue weighted by Gasteiger charge is -2.31. The molecule has 0 bridgehead atoms. The number of fused-ring (bicyclic) bond motifs is 1. The van der Waals surface area contributed by atoms with Gasteiger partial charge in [-0.1, -0.05) is 20.8 Å². The molecule has 2 heterocycles. The van der Waals surface area contributed by atoms with E-state index >= 15 is 0 Å². The summed E-state index contributed by atoms with van der Waals surface area (Å²) in [5, 5.41) is 0. The fraction of sp³-hybridized carbons (Fsp3) is 1.00. The van der Waals surface area contributed by atoms with E-state index in [0.717, 1.165) is 0 Å². The van der Waals surface area contributed by atoms with E-state index in [1.165, 1.54) is 39.1 Å². The summed E-state index contributed by atoms with van der Waals surface area (Å²) in [6, 6.07) is 0.707. The fourth-order valence-electron chi connectivity index (χ4n) is 3.70. The molecule has 94 valence electrons. The largest absolute Gasteiger partial charge is 0.302 e. The minimum Gasteiger partial charge on any atom is -0.302 e. The molecule has 0 aliphatic carbocycles. The first kappa shape index (κ1) is 12.4. The lowest BCUT2D eigenvalue weighted by atomic mass is 9.71. The van der Waals surface area contributed by atoms with Gasteiger partial charge in [0.15, 0.2) is 0 Å². The van der Waals surface area contributed by atoms with Crippen LogP contribution < -0.4 is 0 Å². The Labute approximate surface area is 101 Å². The van der Waals surface area contributed by atoms with E-state index in [1.54, 1.807) is 0 Å². The van der Waals surface area contributed by atoms with E-state index in [9.17, 15) is 0 Å². The molecule has 0 spiro atoms. The zero-order chi connectivity index (χ0) is 12.0. The van der Waals surface area contributed by atoms with Crippen LogP contribution in [0.1, 0.15) is 41.0 Å². The second-order valence-corrected chi connectivity index (χ2v) is 6.83. The van der Waals surface area contributed by atoms with Crippen LogP contribution in [0.5, 0.6) is 0 Å². The molecule has 16 heavy (non-hydrogen) atoms. The van der Waals surface area contributed by atoms with Crippen molar-refractivity contribution in [3.05, 3.63) is 0 Å². The molecule has 2 saturated heterocycles. The summed E-state index contributed by atoms with van der Waals surface area (Å²) in [7, 11) is 0. The molecule has 2 aliphatic heterocycles. The second kappa shape index (κ2) is 3.99. The number of hydrogen-bond acceptors (Lipinski definition) is 2. The Kier molecular flexibility index (Phi) is 3.09. The van der Waals surface area contributed by atoms with Crippen LogP contribution in [0.2, 0.25) is 0 Å². The fourth-order valence-corrected chi connectivity index (χ4v) is 3.70. The summed E-state index contributed by atoms with van der Waals surface area (Å²) in [5.41, 5.74) is 1.04. The van der Waals surface area contributed by atoms with Gasteiger partial charge in [-0.25, -0.2) is 0 Å². The van der Waals surface area contributed by atoms with Crippen molar-refractivity contribution in [3.8, 4) is 0 Å². The first-order valence-corrected chi connectivity index (χ1v) is 6.87. The van der Waals surface area contributed by atoms with Gasteiger partial charge in [0, 0.05) is 43.1 Å². The average Bonchev–Trinajstić information content (AvgIpc) is 2.50. The van der Waals surface area contributed by atoms with Gasteiger partial charge in [-0.05, 0) is 26.8 Å². The molecule has 2 rings (SSSR count). The van der Waals surface area contributed by atoms with Crippen LogP contribution in [0.4, 0.5) is 0 Å². The van der Waals surface area contributed by atoms with E-state index < -0.39 is 0 Å². The molecule has 0 radical (unpaired) electrons. The van der Waals surface area contributed by atoms with Crippen molar-refractivity contribution >= 4 is 0 Å². The predicted molar refractivity (Wildman–Crippen MR) is 69.7 cm³/mol. The van der Waals surface area contributed by atoms with Crippen molar-refractivity contribution in [2.45, 2.75) is 47.1 Å². The van der Waals surface area contributed by atoms with E-state index in [0.29, 0.717) is 16.9 Å². The molecule has 2 fully saturated rings. The highest BCUT2D eigenvalue weighted by Crippen LogP contribution is 2.51. The van der Waals surface area contributed by atoms with Gasteiger partial charge in [-0.2, -0.15) is 0 Å². The van der Waals surface area contributed by atoms with Crippen LogP contribution in [0.15, 0.2) is 0 Å². The van der Waals surface area contributed by atoms with Crippen LogP contribution in [-0.4, -0.2) is 48.6 Å². The van der Waals surface area contributed by atoms with Crippen molar-refractivity contribution < 1.29 is 0 Å². The van der Waals surface area contributed by atoms with Crippen molar-refractivity contribution in [1.82, 2.24) is 9.80 Å². The normalized spacial score (nSPS) is 40.9. The number of nitrogens with zero attached hydrogens (tertiary/aromatic N) is 2. The van der Waals surface area contributed by atoms with Gasteiger partial charge in [0.2, 0.25) is 0 Å². The summed E-state index contributed by atoms with van der Waals surface area (Å²) < 4.78 is 0. The van der Waals surface area contributed by atoms with Crippen LogP contribution in [-0.2, 0) is 0 Å². The average molecular weight is 224 g/mol. The summed E-state index contributed by atoms with van der Waals surface area (Å²) >= 11 is 0. The molecule has 2 heteroatoms. The van der Waals surface area contributed by atoms with Gasteiger partial charge in [0.25, 0.3) is 0 Å². The highest BCUT2D eigenvalue weighted by Gasteiger charge is 2.57. The minimum absolute atomic E-state index is 0.520. The van der Waals surface area contributed by atoms with Crippen LogP contribution in [0, 0.1) is 10.8 Å². The van der Waals surface area contributed by atoms with E-state index in [-0.39, 0.29) is 0 Å². The third-order valence-electron chi connectivity index (χ3n) is 4.98. The zero-order valence-electron chi connectivity index (χ0n) is 11.7. The lowest BCUT2D eigenvalue weighted by molar-refractivity contribution is 0.198. The number of rotatable bonds is 3. The van der Waals surface area contributed by atoms with Gasteiger partial charge < -0.3 is 4.90 Å². The summed E-state index contributed by atoms with van der Waals surface area (Å²) in [4.78, 5) is 5.35. The van der Waals surface area contributed by atoms with Crippen molar-refractivity contribution in [1.29, 1.82) is 0 Å². The molecule has 0 unspecified atom stereocenters. The maximum atomic E-state index is 2.68. The van der Waals surface area contributed by atoms with Gasteiger partial charge in [-0.15, -0.1) is 0 Å². The van der Waals surface area contributed by atoms with E-state index in [4.69, 9.17) is 0 Å². The lowest BCUT2D eigenvalue weighted by Crippen LogP contribution is -2.35. The minimum atomic E-state index is 0.520. The SMILES string of the molecule is CCCN1C[C@@]2(C)CN(C(C)C)C[C@@]2(C)C1. The Morgan fingerprint density at radius 3 is 1.88 bits per heavy atom. The van der Waals surface area contributed by atoms with Gasteiger partial charge in [0.1, 0.15) is 0 Å². The van der Waals surface area contributed by atoms with Crippen LogP contribution >= 0.6 is 0 Å². The quantitative estimate of drug-likeness (QED) is 0.726. The summed E-state index contributed by atoms with van der Waals surface area (Å²) in [5.74, 6) is 0. The monoisotopic (exact) mass is 224 g/mol. The van der Waals surface area contributed by atoms with Crippen LogP contribution in [0.25, 0.3) is 0 Å². The van der Waals surface area contributed by atoms with Gasteiger partial charge in [-0.3, -0.25) is 4.90 Å². The first-order valence-electron chi connectivity index (χ1n) is 6.87. The van der Waals surface area contributed by atoms with Crippen molar-refractivity contribution in [3.63, 3.8) is 0 Å². The molecule has 0 N–H and O–H groups in total. The Morgan fingerprint density at radius 2 is 1.50 bits per heavy atom. The Balaban J connectivity index is 2.09. The highest BCUT2D eigenvalue weighted by molar-refractivity contribution is 5.09. The van der Waals surface area contributed by atoms with E-state index in [1.807, 2.05) is 0 Å². The molecule has 0 saturated carbocycles. The molecule has 0 amide bonds. The maximum Gasteiger partial charge on any atom is 0.00567 e. The third kappa shape index (κ3) is 1.80. The molecule has 2 aliphatic rings. The van der Waals surface area contributed by atoms with Crippen molar-refractivity contribution in [2.24, 2.45) is 10.8 Å². The maximum absolute atomic E-state index is 2.68. The predicted octanol–water partition coefficient (Wildman–Crippen LogP) is 2.45. The number of hydrogen-bond donors (Lipinski definition) is 0. The first-order chi connectivity index (χ1) is 7.40. The highest BCUT2D eigenvalue weighted by atomic mass is 15.3. The second-order valence-electron chi connectivity index (χ2n) is 6.83. The summed E-state index contributed by atoms with van der Waals surface area (Å²) in [6.07, 6.45) is 1.29. The molecular formula is C14H28N2. The molecule has 0 aromatic heterocycles. The Hall–Kier alpha value is -0.0800.